The van der Waals surface area contributed by atoms with Crippen LogP contribution in [0, 0.1) is 10.1 Å². The SMILES string of the molecule is CC(=O)C(O[N+](=O)[O-])C(=O)C(=O)O. The molecule has 13 heavy (non-hydrogen) atoms. The van der Waals surface area contributed by atoms with Crippen LogP contribution in [0.2, 0.25) is 0 Å². The summed E-state index contributed by atoms with van der Waals surface area (Å²) in [4.78, 5) is 44.4. The van der Waals surface area contributed by atoms with Crippen molar-refractivity contribution in [2.24, 2.45) is 0 Å². The summed E-state index contributed by atoms with van der Waals surface area (Å²) in [5.74, 6) is -4.66. The van der Waals surface area contributed by atoms with Gasteiger partial charge >= 0.3 is 5.97 Å². The summed E-state index contributed by atoms with van der Waals surface area (Å²) < 4.78 is 0. The maximum Gasteiger partial charge on any atom is 0.375 e. The third-order valence-electron chi connectivity index (χ3n) is 1.01. The molecule has 0 aliphatic heterocycles. The minimum Gasteiger partial charge on any atom is -0.475 e. The van der Waals surface area contributed by atoms with Crippen LogP contribution in [0.4, 0.5) is 0 Å². The molecule has 0 bridgehead atoms. The molecule has 0 rings (SSSR count). The van der Waals surface area contributed by atoms with Gasteiger partial charge in [-0.25, -0.2) is 4.79 Å². The Hall–Kier alpha value is -1.99. The molecule has 0 aromatic heterocycles. The van der Waals surface area contributed by atoms with Crippen molar-refractivity contribution in [3.05, 3.63) is 10.1 Å². The van der Waals surface area contributed by atoms with Crippen LogP contribution in [0.15, 0.2) is 0 Å². The van der Waals surface area contributed by atoms with Crippen molar-refractivity contribution in [2.45, 2.75) is 13.0 Å². The number of rotatable bonds is 5. The van der Waals surface area contributed by atoms with E-state index in [1.165, 1.54) is 0 Å². The number of nitrogens with zero attached hydrogens (tertiary/aromatic N) is 1. The Morgan fingerprint density at radius 2 is 1.92 bits per heavy atom. The Labute approximate surface area is 71.2 Å². The first kappa shape index (κ1) is 11.0. The first-order chi connectivity index (χ1) is 5.86. The molecule has 0 fully saturated rings. The number of ketones is 2. The first-order valence-corrected chi connectivity index (χ1v) is 2.95. The molecule has 0 heterocycles. The van der Waals surface area contributed by atoms with Crippen LogP contribution in [0.3, 0.4) is 0 Å². The predicted molar refractivity (Wildman–Crippen MR) is 35.2 cm³/mol. The molecule has 0 radical (unpaired) electrons. The number of carbonyl (C=O) groups excluding carboxylic acids is 2. The molecule has 0 aliphatic carbocycles. The normalized spacial score (nSPS) is 11.5. The lowest BCUT2D eigenvalue weighted by molar-refractivity contribution is -0.760. The molecular weight excluding hydrogens is 186 g/mol. The van der Waals surface area contributed by atoms with Crippen molar-refractivity contribution in [3.8, 4) is 0 Å². The van der Waals surface area contributed by atoms with Gasteiger partial charge in [0.15, 0.2) is 5.78 Å². The minimum atomic E-state index is -2.17. The van der Waals surface area contributed by atoms with Crippen molar-refractivity contribution in [1.29, 1.82) is 0 Å². The number of Topliss-reactive ketones (excluding diaryl/α,β-unsaturated/α-hetero) is 2. The molecule has 0 aliphatic rings. The Kier molecular flexibility index (Phi) is 3.51. The van der Waals surface area contributed by atoms with Crippen LogP contribution in [0.25, 0.3) is 0 Å². The molecular formula is C5H5NO7. The molecule has 1 atom stereocenters. The predicted octanol–water partition coefficient (Wildman–Crippen LogP) is -1.19. The Bertz CT molecular complexity index is 270. The number of hydrogen-bond donors (Lipinski definition) is 1. The maximum absolute atomic E-state index is 10.6. The molecule has 0 saturated heterocycles. The van der Waals surface area contributed by atoms with Gasteiger partial charge in [0.25, 0.3) is 10.9 Å². The van der Waals surface area contributed by atoms with E-state index in [2.05, 4.69) is 4.84 Å². The van der Waals surface area contributed by atoms with E-state index < -0.39 is 28.7 Å². The van der Waals surface area contributed by atoms with Gasteiger partial charge in [-0.05, 0) is 6.92 Å². The topological polar surface area (TPSA) is 124 Å². The van der Waals surface area contributed by atoms with E-state index in [4.69, 9.17) is 5.11 Å². The molecule has 0 amide bonds. The average molecular weight is 191 g/mol. The summed E-state index contributed by atoms with van der Waals surface area (Å²) in [6, 6.07) is 0. The molecule has 1 N–H and O–H groups in total. The highest BCUT2D eigenvalue weighted by Crippen LogP contribution is 1.96. The van der Waals surface area contributed by atoms with Crippen LogP contribution >= 0.6 is 0 Å². The molecule has 0 spiro atoms. The van der Waals surface area contributed by atoms with Gasteiger partial charge < -0.3 is 5.11 Å². The number of carboxylic acids is 1. The van der Waals surface area contributed by atoms with Crippen LogP contribution in [0.5, 0.6) is 0 Å². The van der Waals surface area contributed by atoms with Crippen molar-refractivity contribution < 1.29 is 29.4 Å². The van der Waals surface area contributed by atoms with Crippen LogP contribution in [0.1, 0.15) is 6.92 Å². The van der Waals surface area contributed by atoms with Gasteiger partial charge in [0.2, 0.25) is 6.10 Å². The lowest BCUT2D eigenvalue weighted by Gasteiger charge is -2.06. The third-order valence-corrected chi connectivity index (χ3v) is 1.01. The molecule has 8 heteroatoms. The van der Waals surface area contributed by atoms with Gasteiger partial charge in [-0.1, -0.05) is 0 Å². The lowest BCUT2D eigenvalue weighted by atomic mass is 10.2. The molecule has 72 valence electrons. The second-order valence-electron chi connectivity index (χ2n) is 1.99. The highest BCUT2D eigenvalue weighted by atomic mass is 17.0. The molecule has 8 nitrogen and oxygen atoms in total. The second-order valence-corrected chi connectivity index (χ2v) is 1.99. The fraction of sp³-hybridized carbons (Fsp3) is 0.400. The second kappa shape index (κ2) is 4.14. The van der Waals surface area contributed by atoms with Gasteiger partial charge in [0, 0.05) is 0 Å². The minimum absolute atomic E-state index is 0.814. The molecule has 0 aromatic rings. The fourth-order valence-electron chi connectivity index (χ4n) is 0.505. The van der Waals surface area contributed by atoms with E-state index in [-0.39, 0.29) is 0 Å². The number of carboxylic acid groups (broad SMARTS) is 1. The quantitative estimate of drug-likeness (QED) is 0.250. The van der Waals surface area contributed by atoms with E-state index >= 15 is 0 Å². The van der Waals surface area contributed by atoms with Gasteiger partial charge in [-0.2, -0.15) is 0 Å². The third kappa shape index (κ3) is 3.27. The lowest BCUT2D eigenvalue weighted by Crippen LogP contribution is -2.37. The summed E-state index contributed by atoms with van der Waals surface area (Å²) in [7, 11) is 0. The largest absolute Gasteiger partial charge is 0.475 e. The van der Waals surface area contributed by atoms with Crippen molar-refractivity contribution in [2.75, 3.05) is 0 Å². The average Bonchev–Trinajstić information content (AvgIpc) is 1.97. The van der Waals surface area contributed by atoms with Crippen molar-refractivity contribution >= 4 is 17.5 Å². The zero-order chi connectivity index (χ0) is 10.6. The smallest absolute Gasteiger partial charge is 0.375 e. The number of hydrogen-bond acceptors (Lipinski definition) is 6. The van der Waals surface area contributed by atoms with Crippen LogP contribution in [-0.2, 0) is 19.2 Å². The fourth-order valence-corrected chi connectivity index (χ4v) is 0.505. The number of carbonyl (C=O) groups is 3. The first-order valence-electron chi connectivity index (χ1n) is 2.95. The van der Waals surface area contributed by atoms with E-state index in [1.54, 1.807) is 0 Å². The van der Waals surface area contributed by atoms with E-state index in [1.807, 2.05) is 0 Å². The highest BCUT2D eigenvalue weighted by Gasteiger charge is 2.32. The summed E-state index contributed by atoms with van der Waals surface area (Å²) in [5, 5.41) is 16.4. The summed E-state index contributed by atoms with van der Waals surface area (Å²) in [5.41, 5.74) is 0. The van der Waals surface area contributed by atoms with Crippen LogP contribution < -0.4 is 0 Å². The maximum atomic E-state index is 10.6. The van der Waals surface area contributed by atoms with E-state index in [0.717, 1.165) is 6.92 Å². The zero-order valence-corrected chi connectivity index (χ0v) is 6.42. The van der Waals surface area contributed by atoms with Gasteiger partial charge in [-0.15, -0.1) is 10.1 Å². The number of aliphatic carboxylic acids is 1. The van der Waals surface area contributed by atoms with Gasteiger partial charge in [0.05, 0.1) is 0 Å². The Morgan fingerprint density at radius 1 is 1.46 bits per heavy atom. The Morgan fingerprint density at radius 3 is 2.15 bits per heavy atom. The van der Waals surface area contributed by atoms with Crippen LogP contribution in [-0.4, -0.2) is 33.8 Å². The molecule has 0 saturated carbocycles. The highest BCUT2D eigenvalue weighted by molar-refractivity contribution is 6.38. The Balaban J connectivity index is 4.61. The van der Waals surface area contributed by atoms with Crippen molar-refractivity contribution in [1.82, 2.24) is 0 Å². The molecule has 0 aromatic carbocycles. The monoisotopic (exact) mass is 191 g/mol. The van der Waals surface area contributed by atoms with E-state index in [9.17, 15) is 24.5 Å². The van der Waals surface area contributed by atoms with Gasteiger partial charge in [0.1, 0.15) is 0 Å². The molecule has 1 unspecified atom stereocenters. The van der Waals surface area contributed by atoms with Crippen molar-refractivity contribution in [3.63, 3.8) is 0 Å². The standard InChI is InChI=1S/C5H5NO7/c1-2(7)4(13-6(11)12)3(8)5(9)10/h4H,1H3,(H,9,10). The van der Waals surface area contributed by atoms with E-state index in [0.29, 0.717) is 0 Å². The summed E-state index contributed by atoms with van der Waals surface area (Å²) >= 11 is 0. The summed E-state index contributed by atoms with van der Waals surface area (Å²) in [6.45, 7) is 0.814. The zero-order valence-electron chi connectivity index (χ0n) is 6.42. The summed E-state index contributed by atoms with van der Waals surface area (Å²) in [6.07, 6.45) is -2.17. The van der Waals surface area contributed by atoms with Gasteiger partial charge in [-0.3, -0.25) is 14.4 Å².